The Morgan fingerprint density at radius 2 is 1.68 bits per heavy atom. The van der Waals surface area contributed by atoms with Gasteiger partial charge in [-0.1, -0.05) is 25.1 Å². The number of carbonyl (C=O) groups excluding carboxylic acids is 2. The molecule has 0 spiro atoms. The van der Waals surface area contributed by atoms with E-state index in [1.807, 2.05) is 19.1 Å². The zero-order valence-electron chi connectivity index (χ0n) is 20.7. The third-order valence-electron chi connectivity index (χ3n) is 6.11. The van der Waals surface area contributed by atoms with Gasteiger partial charge in [-0.3, -0.25) is 9.59 Å². The second-order valence-electron chi connectivity index (χ2n) is 8.58. The number of halogens is 2. The van der Waals surface area contributed by atoms with Crippen LogP contribution < -0.4 is 10.7 Å². The predicted octanol–water partition coefficient (Wildman–Crippen LogP) is 5.83. The molecule has 1 amide bonds. The Hall–Kier alpha value is -4.33. The highest BCUT2D eigenvalue weighted by Gasteiger charge is 2.20. The van der Waals surface area contributed by atoms with Crippen LogP contribution in [-0.4, -0.2) is 23.1 Å². The van der Waals surface area contributed by atoms with Crippen molar-refractivity contribution in [3.63, 3.8) is 0 Å². The molecule has 0 fully saturated rings. The lowest BCUT2D eigenvalue weighted by molar-refractivity contribution is -0.115. The number of amides is 1. The van der Waals surface area contributed by atoms with E-state index in [2.05, 4.69) is 5.32 Å². The van der Waals surface area contributed by atoms with Gasteiger partial charge in [0.05, 0.1) is 18.7 Å². The molecule has 4 rings (SSSR count). The molecule has 1 aromatic heterocycles. The number of fused-ring (bicyclic) bond motifs is 1. The van der Waals surface area contributed by atoms with E-state index in [1.165, 1.54) is 16.8 Å². The SMILES string of the molecule is CCOC(=O)c1cn(Cc2c(F)cccc2F)c2cc(-c3ccc(NC(=O)CC)cc3)c(C)cc2c1=O. The van der Waals surface area contributed by atoms with E-state index >= 15 is 0 Å². The first-order chi connectivity index (χ1) is 17.7. The van der Waals surface area contributed by atoms with Crippen molar-refractivity contribution in [2.75, 3.05) is 11.9 Å². The lowest BCUT2D eigenvalue weighted by Gasteiger charge is -2.17. The van der Waals surface area contributed by atoms with E-state index in [0.29, 0.717) is 17.6 Å². The Kier molecular flexibility index (Phi) is 7.47. The van der Waals surface area contributed by atoms with Gasteiger partial charge in [-0.2, -0.15) is 0 Å². The molecular formula is C29H26F2N2O4. The quantitative estimate of drug-likeness (QED) is 0.321. The molecule has 3 aromatic carbocycles. The Morgan fingerprint density at radius 1 is 1.00 bits per heavy atom. The second-order valence-corrected chi connectivity index (χ2v) is 8.58. The van der Waals surface area contributed by atoms with Crippen LogP contribution in [0.3, 0.4) is 0 Å². The minimum absolute atomic E-state index is 0.0743. The number of pyridine rings is 1. The largest absolute Gasteiger partial charge is 0.462 e. The highest BCUT2D eigenvalue weighted by molar-refractivity contribution is 5.95. The third kappa shape index (κ3) is 5.28. The molecule has 6 nitrogen and oxygen atoms in total. The average molecular weight is 505 g/mol. The first-order valence-electron chi connectivity index (χ1n) is 11.9. The number of aryl methyl sites for hydroxylation is 1. The Labute approximate surface area is 212 Å². The molecule has 0 unspecified atom stereocenters. The molecule has 37 heavy (non-hydrogen) atoms. The van der Waals surface area contributed by atoms with Crippen LogP contribution in [0.25, 0.3) is 22.0 Å². The third-order valence-corrected chi connectivity index (χ3v) is 6.11. The van der Waals surface area contributed by atoms with Crippen LogP contribution >= 0.6 is 0 Å². The number of anilines is 1. The van der Waals surface area contributed by atoms with Crippen molar-refractivity contribution in [2.45, 2.75) is 33.7 Å². The van der Waals surface area contributed by atoms with Gasteiger partial charge in [0.2, 0.25) is 11.3 Å². The Morgan fingerprint density at radius 3 is 2.30 bits per heavy atom. The maximum Gasteiger partial charge on any atom is 0.343 e. The van der Waals surface area contributed by atoms with Crippen molar-refractivity contribution >= 4 is 28.5 Å². The minimum Gasteiger partial charge on any atom is -0.462 e. The molecule has 1 heterocycles. The van der Waals surface area contributed by atoms with Crippen LogP contribution in [0.15, 0.2) is 65.6 Å². The molecule has 0 atom stereocenters. The summed E-state index contributed by atoms with van der Waals surface area (Å²) in [4.78, 5) is 37.5. The molecule has 8 heteroatoms. The van der Waals surface area contributed by atoms with E-state index < -0.39 is 23.0 Å². The van der Waals surface area contributed by atoms with E-state index in [9.17, 15) is 23.2 Å². The molecule has 0 aliphatic carbocycles. The second kappa shape index (κ2) is 10.7. The predicted molar refractivity (Wildman–Crippen MR) is 139 cm³/mol. The maximum absolute atomic E-state index is 14.5. The van der Waals surface area contributed by atoms with Crippen molar-refractivity contribution in [3.05, 3.63) is 99.3 Å². The van der Waals surface area contributed by atoms with Crippen molar-refractivity contribution in [2.24, 2.45) is 0 Å². The summed E-state index contributed by atoms with van der Waals surface area (Å²) >= 11 is 0. The van der Waals surface area contributed by atoms with E-state index in [4.69, 9.17) is 4.74 Å². The highest BCUT2D eigenvalue weighted by Crippen LogP contribution is 2.29. The van der Waals surface area contributed by atoms with E-state index in [-0.39, 0.29) is 35.6 Å². The fraction of sp³-hybridized carbons (Fsp3) is 0.207. The van der Waals surface area contributed by atoms with Crippen LogP contribution in [0.1, 0.15) is 41.8 Å². The summed E-state index contributed by atoms with van der Waals surface area (Å²) in [6.07, 6.45) is 1.65. The van der Waals surface area contributed by atoms with Gasteiger partial charge < -0.3 is 14.6 Å². The molecule has 0 saturated heterocycles. The maximum atomic E-state index is 14.5. The summed E-state index contributed by atoms with van der Waals surface area (Å²) in [5.41, 5.74) is 2.50. The first-order valence-corrected chi connectivity index (χ1v) is 11.9. The van der Waals surface area contributed by atoms with Crippen molar-refractivity contribution < 1.29 is 23.1 Å². The van der Waals surface area contributed by atoms with Gasteiger partial charge >= 0.3 is 5.97 Å². The topological polar surface area (TPSA) is 77.4 Å². The number of nitrogens with zero attached hydrogens (tertiary/aromatic N) is 1. The zero-order chi connectivity index (χ0) is 26.7. The standard InChI is InChI=1S/C29H26F2N2O4/c1-4-27(34)32-19-11-9-18(10-12-19)20-14-26-21(13-17(20)3)28(35)23(29(36)37-5-2)16-33(26)15-22-24(30)7-6-8-25(22)31/h6-14,16H,4-5,15H2,1-3H3,(H,32,34). The summed E-state index contributed by atoms with van der Waals surface area (Å²) in [6, 6.07) is 14.2. The summed E-state index contributed by atoms with van der Waals surface area (Å²) in [6.45, 7) is 5.06. The van der Waals surface area contributed by atoms with Gasteiger partial charge in [-0.15, -0.1) is 0 Å². The van der Waals surface area contributed by atoms with Crippen molar-refractivity contribution in [3.8, 4) is 11.1 Å². The fourth-order valence-electron chi connectivity index (χ4n) is 4.18. The molecule has 1 N–H and O–H groups in total. The molecule has 190 valence electrons. The van der Waals surface area contributed by atoms with Crippen LogP contribution in [0.2, 0.25) is 0 Å². The summed E-state index contributed by atoms with van der Waals surface area (Å²) < 4.78 is 35.6. The first kappa shape index (κ1) is 25.8. The van der Waals surface area contributed by atoms with Crippen LogP contribution in [0, 0.1) is 18.6 Å². The number of rotatable bonds is 7. The molecule has 4 aromatic rings. The van der Waals surface area contributed by atoms with Crippen molar-refractivity contribution in [1.29, 1.82) is 0 Å². The Balaban J connectivity index is 1.90. The van der Waals surface area contributed by atoms with Crippen LogP contribution in [0.5, 0.6) is 0 Å². The number of benzene rings is 3. The van der Waals surface area contributed by atoms with E-state index in [0.717, 1.165) is 28.8 Å². The van der Waals surface area contributed by atoms with Gasteiger partial charge in [-0.25, -0.2) is 13.6 Å². The monoisotopic (exact) mass is 504 g/mol. The zero-order valence-corrected chi connectivity index (χ0v) is 20.7. The molecule has 0 aliphatic rings. The lowest BCUT2D eigenvalue weighted by Crippen LogP contribution is -2.22. The van der Waals surface area contributed by atoms with Gasteiger partial charge in [-0.05, 0) is 66.9 Å². The fourth-order valence-corrected chi connectivity index (χ4v) is 4.18. The molecule has 0 radical (unpaired) electrons. The van der Waals surface area contributed by atoms with Gasteiger partial charge in [0.15, 0.2) is 0 Å². The highest BCUT2D eigenvalue weighted by atomic mass is 19.1. The number of carbonyl (C=O) groups is 2. The van der Waals surface area contributed by atoms with Crippen molar-refractivity contribution in [1.82, 2.24) is 4.57 Å². The normalized spacial score (nSPS) is 10.9. The molecule has 0 aliphatic heterocycles. The van der Waals surface area contributed by atoms with Gasteiger partial charge in [0.25, 0.3) is 0 Å². The average Bonchev–Trinajstić information content (AvgIpc) is 2.88. The minimum atomic E-state index is -0.802. The lowest BCUT2D eigenvalue weighted by atomic mass is 9.97. The number of hydrogen-bond donors (Lipinski definition) is 1. The number of ether oxygens (including phenoxy) is 1. The summed E-state index contributed by atoms with van der Waals surface area (Å²) in [5.74, 6) is -2.37. The molecular weight excluding hydrogens is 478 g/mol. The summed E-state index contributed by atoms with van der Waals surface area (Å²) in [5, 5.41) is 3.03. The van der Waals surface area contributed by atoms with Crippen LogP contribution in [0.4, 0.5) is 14.5 Å². The van der Waals surface area contributed by atoms with Gasteiger partial charge in [0.1, 0.15) is 17.2 Å². The molecule has 0 saturated carbocycles. The molecule has 0 bridgehead atoms. The number of nitrogens with one attached hydrogen (secondary N) is 1. The summed E-state index contributed by atoms with van der Waals surface area (Å²) in [7, 11) is 0. The smallest absolute Gasteiger partial charge is 0.343 e. The number of aromatic nitrogens is 1. The van der Waals surface area contributed by atoms with E-state index in [1.54, 1.807) is 38.1 Å². The van der Waals surface area contributed by atoms with Gasteiger partial charge in [0, 0.05) is 29.3 Å². The number of hydrogen-bond acceptors (Lipinski definition) is 4. The number of esters is 1. The Bertz CT molecular complexity index is 1540. The van der Waals surface area contributed by atoms with Crippen LogP contribution in [-0.2, 0) is 16.1 Å².